The standard InChI is InChI=1S/C13H14N2O3/c16-9-5-6-15(8-9)13(17)7-11-10-3-1-2-4-12(10)18-14-11/h1-4,9,16H,5-8H2. The van der Waals surface area contributed by atoms with Gasteiger partial charge in [-0.15, -0.1) is 0 Å². The lowest BCUT2D eigenvalue weighted by Gasteiger charge is -2.14. The molecular weight excluding hydrogens is 232 g/mol. The molecule has 0 spiro atoms. The van der Waals surface area contributed by atoms with Crippen molar-refractivity contribution in [2.45, 2.75) is 18.9 Å². The number of carbonyl (C=O) groups is 1. The van der Waals surface area contributed by atoms with Crippen molar-refractivity contribution in [3.05, 3.63) is 30.0 Å². The van der Waals surface area contributed by atoms with Crippen molar-refractivity contribution in [2.75, 3.05) is 13.1 Å². The summed E-state index contributed by atoms with van der Waals surface area (Å²) in [5.74, 6) is -0.00870. The Balaban J connectivity index is 1.78. The van der Waals surface area contributed by atoms with Crippen molar-refractivity contribution in [2.24, 2.45) is 0 Å². The minimum absolute atomic E-state index is 0.00870. The largest absolute Gasteiger partial charge is 0.391 e. The second kappa shape index (κ2) is 4.42. The van der Waals surface area contributed by atoms with Crippen molar-refractivity contribution in [3.8, 4) is 0 Å². The fourth-order valence-electron chi connectivity index (χ4n) is 2.29. The maximum atomic E-state index is 12.0. The van der Waals surface area contributed by atoms with Crippen molar-refractivity contribution in [3.63, 3.8) is 0 Å². The molecule has 2 aromatic rings. The van der Waals surface area contributed by atoms with Gasteiger partial charge >= 0.3 is 0 Å². The van der Waals surface area contributed by atoms with Crippen LogP contribution in [0.15, 0.2) is 28.8 Å². The van der Waals surface area contributed by atoms with Crippen molar-refractivity contribution in [1.82, 2.24) is 10.1 Å². The molecule has 18 heavy (non-hydrogen) atoms. The van der Waals surface area contributed by atoms with Gasteiger partial charge in [0.25, 0.3) is 0 Å². The highest BCUT2D eigenvalue weighted by Crippen LogP contribution is 2.19. The smallest absolute Gasteiger partial charge is 0.228 e. The number of aromatic nitrogens is 1. The molecule has 0 bridgehead atoms. The van der Waals surface area contributed by atoms with Crippen LogP contribution in [0.3, 0.4) is 0 Å². The van der Waals surface area contributed by atoms with Gasteiger partial charge in [-0.1, -0.05) is 17.3 Å². The molecule has 1 saturated heterocycles. The van der Waals surface area contributed by atoms with Gasteiger partial charge in [0.2, 0.25) is 5.91 Å². The van der Waals surface area contributed by atoms with Gasteiger partial charge in [-0.05, 0) is 18.6 Å². The monoisotopic (exact) mass is 246 g/mol. The molecule has 0 radical (unpaired) electrons. The fourth-order valence-corrected chi connectivity index (χ4v) is 2.29. The Bertz CT molecular complexity index is 578. The Kier molecular flexibility index (Phi) is 2.76. The summed E-state index contributed by atoms with van der Waals surface area (Å²) in [5, 5.41) is 14.2. The SMILES string of the molecule is O=C(Cc1noc2ccccc12)N1CCC(O)C1. The van der Waals surface area contributed by atoms with Crippen LogP contribution >= 0.6 is 0 Å². The Morgan fingerprint density at radius 1 is 1.50 bits per heavy atom. The van der Waals surface area contributed by atoms with E-state index in [0.717, 1.165) is 5.39 Å². The van der Waals surface area contributed by atoms with E-state index in [2.05, 4.69) is 5.16 Å². The average Bonchev–Trinajstić information content (AvgIpc) is 2.97. The summed E-state index contributed by atoms with van der Waals surface area (Å²) in [5.41, 5.74) is 1.36. The van der Waals surface area contributed by atoms with E-state index in [1.54, 1.807) is 4.90 Å². The van der Waals surface area contributed by atoms with E-state index in [1.807, 2.05) is 24.3 Å². The Morgan fingerprint density at radius 2 is 2.33 bits per heavy atom. The van der Waals surface area contributed by atoms with Crippen LogP contribution in [0.2, 0.25) is 0 Å². The fraction of sp³-hybridized carbons (Fsp3) is 0.385. The number of hydrogen-bond donors (Lipinski definition) is 1. The molecule has 1 aromatic heterocycles. The molecule has 5 nitrogen and oxygen atoms in total. The lowest BCUT2D eigenvalue weighted by Crippen LogP contribution is -2.30. The minimum Gasteiger partial charge on any atom is -0.391 e. The predicted molar refractivity (Wildman–Crippen MR) is 64.9 cm³/mol. The molecule has 0 saturated carbocycles. The summed E-state index contributed by atoms with van der Waals surface area (Å²) < 4.78 is 5.16. The number of fused-ring (bicyclic) bond motifs is 1. The number of para-hydroxylation sites is 1. The first kappa shape index (κ1) is 11.2. The first-order chi connectivity index (χ1) is 8.74. The average molecular weight is 246 g/mol. The topological polar surface area (TPSA) is 66.6 Å². The van der Waals surface area contributed by atoms with Gasteiger partial charge in [0.15, 0.2) is 5.58 Å². The number of β-amino-alcohol motifs (C(OH)–C–C–N with tert-alkyl or cyclic N) is 1. The first-order valence-electron chi connectivity index (χ1n) is 6.03. The summed E-state index contributed by atoms with van der Waals surface area (Å²) in [6.45, 7) is 1.05. The van der Waals surface area contributed by atoms with Gasteiger partial charge in [0.05, 0.1) is 12.5 Å². The summed E-state index contributed by atoms with van der Waals surface area (Å²) in [4.78, 5) is 13.7. The molecule has 1 fully saturated rings. The summed E-state index contributed by atoms with van der Waals surface area (Å²) in [7, 11) is 0. The van der Waals surface area contributed by atoms with Gasteiger partial charge in [0.1, 0.15) is 5.69 Å². The predicted octanol–water partition coefficient (Wildman–Crippen LogP) is 0.964. The number of hydrogen-bond acceptors (Lipinski definition) is 4. The zero-order chi connectivity index (χ0) is 12.5. The van der Waals surface area contributed by atoms with E-state index in [1.165, 1.54) is 0 Å². The van der Waals surface area contributed by atoms with Gasteiger partial charge < -0.3 is 14.5 Å². The molecule has 1 atom stereocenters. The lowest BCUT2D eigenvalue weighted by molar-refractivity contribution is -0.129. The third-order valence-corrected chi connectivity index (χ3v) is 3.29. The van der Waals surface area contributed by atoms with Gasteiger partial charge in [-0.25, -0.2) is 0 Å². The number of aliphatic hydroxyl groups is 1. The number of amides is 1. The third-order valence-electron chi connectivity index (χ3n) is 3.29. The van der Waals surface area contributed by atoms with Crippen LogP contribution in [0.5, 0.6) is 0 Å². The molecule has 5 heteroatoms. The van der Waals surface area contributed by atoms with Crippen LogP contribution in [0, 0.1) is 0 Å². The molecule has 94 valence electrons. The highest BCUT2D eigenvalue weighted by Gasteiger charge is 2.25. The van der Waals surface area contributed by atoms with Crippen LogP contribution in [0.4, 0.5) is 0 Å². The van der Waals surface area contributed by atoms with Gasteiger partial charge in [0, 0.05) is 18.5 Å². The molecular formula is C13H14N2O3. The van der Waals surface area contributed by atoms with Crippen molar-refractivity contribution < 1.29 is 14.4 Å². The lowest BCUT2D eigenvalue weighted by atomic mass is 10.1. The quantitative estimate of drug-likeness (QED) is 0.857. The second-order valence-corrected chi connectivity index (χ2v) is 4.58. The maximum Gasteiger partial charge on any atom is 0.228 e. The minimum atomic E-state index is -0.386. The Labute approximate surface area is 104 Å². The normalized spacial score (nSPS) is 19.6. The molecule has 1 unspecified atom stereocenters. The number of benzene rings is 1. The summed E-state index contributed by atoms with van der Waals surface area (Å²) in [6.07, 6.45) is 0.498. The van der Waals surface area contributed by atoms with E-state index in [4.69, 9.17) is 4.52 Å². The van der Waals surface area contributed by atoms with E-state index in [0.29, 0.717) is 30.8 Å². The summed E-state index contributed by atoms with van der Waals surface area (Å²) >= 11 is 0. The number of aliphatic hydroxyl groups excluding tert-OH is 1. The molecule has 2 heterocycles. The molecule has 1 aliphatic rings. The molecule has 1 aromatic carbocycles. The Hall–Kier alpha value is -1.88. The number of likely N-dealkylation sites (tertiary alicyclic amines) is 1. The van der Waals surface area contributed by atoms with Crippen molar-refractivity contribution >= 4 is 16.9 Å². The number of rotatable bonds is 2. The molecule has 3 rings (SSSR count). The van der Waals surface area contributed by atoms with E-state index in [-0.39, 0.29) is 18.4 Å². The van der Waals surface area contributed by atoms with Crippen LogP contribution in [0.25, 0.3) is 11.0 Å². The zero-order valence-corrected chi connectivity index (χ0v) is 9.87. The highest BCUT2D eigenvalue weighted by molar-refractivity contribution is 5.86. The zero-order valence-electron chi connectivity index (χ0n) is 9.87. The number of nitrogens with zero attached hydrogens (tertiary/aromatic N) is 2. The second-order valence-electron chi connectivity index (χ2n) is 4.58. The molecule has 0 aliphatic carbocycles. The molecule has 1 N–H and O–H groups in total. The van der Waals surface area contributed by atoms with E-state index < -0.39 is 0 Å². The van der Waals surface area contributed by atoms with Crippen LogP contribution in [0.1, 0.15) is 12.1 Å². The van der Waals surface area contributed by atoms with Crippen LogP contribution in [-0.4, -0.2) is 40.3 Å². The van der Waals surface area contributed by atoms with Gasteiger partial charge in [-0.2, -0.15) is 0 Å². The first-order valence-corrected chi connectivity index (χ1v) is 6.03. The summed E-state index contributed by atoms with van der Waals surface area (Å²) in [6, 6.07) is 7.49. The number of carbonyl (C=O) groups excluding carboxylic acids is 1. The van der Waals surface area contributed by atoms with Crippen molar-refractivity contribution in [1.29, 1.82) is 0 Å². The van der Waals surface area contributed by atoms with E-state index in [9.17, 15) is 9.90 Å². The highest BCUT2D eigenvalue weighted by atomic mass is 16.5. The Morgan fingerprint density at radius 3 is 3.11 bits per heavy atom. The third kappa shape index (κ3) is 1.97. The van der Waals surface area contributed by atoms with E-state index >= 15 is 0 Å². The van der Waals surface area contributed by atoms with Crippen LogP contribution in [-0.2, 0) is 11.2 Å². The molecule has 1 aliphatic heterocycles. The molecule has 1 amide bonds. The maximum absolute atomic E-state index is 12.0. The van der Waals surface area contributed by atoms with Gasteiger partial charge in [-0.3, -0.25) is 4.79 Å². The van der Waals surface area contributed by atoms with Crippen LogP contribution < -0.4 is 0 Å².